The molecule has 1 saturated heterocycles. The van der Waals surface area contributed by atoms with Gasteiger partial charge in [0.15, 0.2) is 0 Å². The molecule has 1 heterocycles. The number of hydrogen-bond acceptors (Lipinski definition) is 3. The van der Waals surface area contributed by atoms with Crippen LogP contribution < -0.4 is 5.32 Å². The van der Waals surface area contributed by atoms with E-state index in [1.165, 1.54) is 16.0 Å². The summed E-state index contributed by atoms with van der Waals surface area (Å²) in [6.45, 7) is 2.74. The minimum Gasteiger partial charge on any atom is -0.326 e. The zero-order valence-electron chi connectivity index (χ0n) is 17.5. The molecule has 1 fully saturated rings. The van der Waals surface area contributed by atoms with E-state index in [4.69, 9.17) is 0 Å². The largest absolute Gasteiger partial charge is 0.326 e. The Balaban J connectivity index is 1.28. The number of likely N-dealkylation sites (tertiary alicyclic amines) is 1. The zero-order valence-corrected chi connectivity index (χ0v) is 19.9. The summed E-state index contributed by atoms with van der Waals surface area (Å²) < 4.78 is 1.10. The summed E-state index contributed by atoms with van der Waals surface area (Å²) in [5.41, 5.74) is 3.41. The molecule has 0 aliphatic carbocycles. The third kappa shape index (κ3) is 6.70. The fourth-order valence-electron chi connectivity index (χ4n) is 3.92. The predicted molar refractivity (Wildman–Crippen MR) is 133 cm³/mol. The molecule has 5 heteroatoms. The van der Waals surface area contributed by atoms with E-state index in [1.54, 1.807) is 0 Å². The van der Waals surface area contributed by atoms with Crippen molar-refractivity contribution < 1.29 is 4.79 Å². The molecule has 1 atom stereocenters. The second kappa shape index (κ2) is 11.0. The molecule has 0 radical (unpaired) electrons. The lowest BCUT2D eigenvalue weighted by Crippen LogP contribution is -2.40. The number of hydrogen-bond donors (Lipinski definition) is 1. The van der Waals surface area contributed by atoms with Gasteiger partial charge in [-0.2, -0.15) is 0 Å². The van der Waals surface area contributed by atoms with E-state index < -0.39 is 0 Å². The average molecular weight is 495 g/mol. The van der Waals surface area contributed by atoms with Crippen LogP contribution in [0.4, 0.5) is 5.69 Å². The van der Waals surface area contributed by atoms with Gasteiger partial charge in [-0.15, -0.1) is 11.8 Å². The number of anilines is 1. The summed E-state index contributed by atoms with van der Waals surface area (Å²) in [6, 6.07) is 27.1. The quantitative estimate of drug-likeness (QED) is 0.375. The van der Waals surface area contributed by atoms with Crippen LogP contribution in [0.25, 0.3) is 0 Å². The van der Waals surface area contributed by atoms with Gasteiger partial charge in [0.05, 0.1) is 5.92 Å². The smallest absolute Gasteiger partial charge is 0.228 e. The van der Waals surface area contributed by atoms with E-state index in [-0.39, 0.29) is 11.8 Å². The Morgan fingerprint density at radius 1 is 1.00 bits per heavy atom. The van der Waals surface area contributed by atoms with Crippen LogP contribution in [-0.4, -0.2) is 23.9 Å². The lowest BCUT2D eigenvalue weighted by molar-refractivity contribution is -0.121. The van der Waals surface area contributed by atoms with Crippen LogP contribution in [0.2, 0.25) is 0 Å². The number of halogens is 1. The standard InChI is InChI=1S/C26H27BrN2OS/c27-23-8-4-6-21(16-23)17-29-15-5-7-22(18-29)26(30)28-24-13-11-20(12-14-24)19-31-25-9-2-1-3-10-25/h1-4,6,8-14,16,22H,5,7,15,17-19H2,(H,28,30). The predicted octanol–water partition coefficient (Wildman–Crippen LogP) is 6.59. The summed E-state index contributed by atoms with van der Waals surface area (Å²) in [5, 5.41) is 3.13. The first-order valence-electron chi connectivity index (χ1n) is 10.7. The Kier molecular flexibility index (Phi) is 7.84. The Morgan fingerprint density at radius 2 is 1.81 bits per heavy atom. The first-order chi connectivity index (χ1) is 15.2. The van der Waals surface area contributed by atoms with Crippen LogP contribution in [0.15, 0.2) is 88.2 Å². The molecule has 160 valence electrons. The van der Waals surface area contributed by atoms with E-state index >= 15 is 0 Å². The molecule has 31 heavy (non-hydrogen) atoms. The molecule has 3 nitrogen and oxygen atoms in total. The van der Waals surface area contributed by atoms with E-state index in [0.29, 0.717) is 0 Å². The van der Waals surface area contributed by atoms with Crippen molar-refractivity contribution in [3.63, 3.8) is 0 Å². The van der Waals surface area contributed by atoms with Gasteiger partial charge in [0.25, 0.3) is 0 Å². The van der Waals surface area contributed by atoms with Crippen LogP contribution in [0.1, 0.15) is 24.0 Å². The lowest BCUT2D eigenvalue weighted by Gasteiger charge is -2.32. The van der Waals surface area contributed by atoms with E-state index in [9.17, 15) is 4.79 Å². The van der Waals surface area contributed by atoms with Gasteiger partial charge in [-0.3, -0.25) is 9.69 Å². The molecule has 0 saturated carbocycles. The second-order valence-corrected chi connectivity index (χ2v) is 9.96. The molecule has 4 rings (SSSR count). The molecule has 1 N–H and O–H groups in total. The molecule has 0 spiro atoms. The third-order valence-electron chi connectivity index (χ3n) is 5.54. The summed E-state index contributed by atoms with van der Waals surface area (Å²) >= 11 is 5.36. The van der Waals surface area contributed by atoms with E-state index in [2.05, 4.69) is 80.7 Å². The van der Waals surface area contributed by atoms with Crippen molar-refractivity contribution in [1.29, 1.82) is 0 Å². The molecule has 0 aromatic heterocycles. The third-order valence-corrected chi connectivity index (χ3v) is 7.12. The number of thioether (sulfide) groups is 1. The molecular formula is C26H27BrN2OS. The minimum absolute atomic E-state index is 0.0363. The van der Waals surface area contributed by atoms with Crippen molar-refractivity contribution in [2.75, 3.05) is 18.4 Å². The summed E-state index contributed by atoms with van der Waals surface area (Å²) in [5.74, 6) is 1.09. The van der Waals surface area contributed by atoms with Crippen molar-refractivity contribution in [3.8, 4) is 0 Å². The van der Waals surface area contributed by atoms with Crippen molar-refractivity contribution in [3.05, 3.63) is 94.5 Å². The van der Waals surface area contributed by atoms with Crippen LogP contribution >= 0.6 is 27.7 Å². The lowest BCUT2D eigenvalue weighted by atomic mass is 9.96. The number of carbonyl (C=O) groups excluding carboxylic acids is 1. The van der Waals surface area contributed by atoms with Crippen LogP contribution in [0, 0.1) is 5.92 Å². The van der Waals surface area contributed by atoms with Gasteiger partial charge < -0.3 is 5.32 Å². The molecule has 0 bridgehead atoms. The first kappa shape index (κ1) is 22.1. The highest BCUT2D eigenvalue weighted by molar-refractivity contribution is 9.10. The highest BCUT2D eigenvalue weighted by atomic mass is 79.9. The zero-order chi connectivity index (χ0) is 21.5. The van der Waals surface area contributed by atoms with Crippen molar-refractivity contribution in [2.45, 2.75) is 30.0 Å². The molecule has 1 aliphatic heterocycles. The summed E-state index contributed by atoms with van der Waals surface area (Å²) in [4.78, 5) is 16.5. The first-order valence-corrected chi connectivity index (χ1v) is 12.5. The molecule has 3 aromatic carbocycles. The number of piperidine rings is 1. The number of benzene rings is 3. The van der Waals surface area contributed by atoms with Gasteiger partial charge in [0.1, 0.15) is 0 Å². The minimum atomic E-state index is 0.0363. The number of carbonyl (C=O) groups is 1. The Morgan fingerprint density at radius 3 is 2.58 bits per heavy atom. The van der Waals surface area contributed by atoms with Gasteiger partial charge in [-0.25, -0.2) is 0 Å². The fraction of sp³-hybridized carbons (Fsp3) is 0.269. The summed E-state index contributed by atoms with van der Waals surface area (Å²) in [7, 11) is 0. The topological polar surface area (TPSA) is 32.3 Å². The maximum atomic E-state index is 12.9. The Hall–Kier alpha value is -2.08. The summed E-state index contributed by atoms with van der Waals surface area (Å²) in [6.07, 6.45) is 2.01. The Labute approximate surface area is 197 Å². The number of nitrogens with one attached hydrogen (secondary N) is 1. The van der Waals surface area contributed by atoms with Gasteiger partial charge in [0, 0.05) is 33.9 Å². The normalized spacial score (nSPS) is 16.7. The Bertz CT molecular complexity index is 994. The van der Waals surface area contributed by atoms with Crippen molar-refractivity contribution in [2.24, 2.45) is 5.92 Å². The average Bonchev–Trinajstić information content (AvgIpc) is 2.79. The van der Waals surface area contributed by atoms with Crippen LogP contribution in [0.3, 0.4) is 0 Å². The SMILES string of the molecule is O=C(Nc1ccc(CSc2ccccc2)cc1)C1CCCN(Cc2cccc(Br)c2)C1. The number of nitrogens with zero attached hydrogens (tertiary/aromatic N) is 1. The second-order valence-electron chi connectivity index (χ2n) is 7.99. The van der Waals surface area contributed by atoms with Crippen molar-refractivity contribution in [1.82, 2.24) is 4.90 Å². The van der Waals surface area contributed by atoms with E-state index in [1.807, 2.05) is 36.0 Å². The highest BCUT2D eigenvalue weighted by Crippen LogP contribution is 2.24. The number of rotatable bonds is 7. The number of amides is 1. The molecule has 1 amide bonds. The molecule has 1 aliphatic rings. The van der Waals surface area contributed by atoms with E-state index in [0.717, 1.165) is 48.4 Å². The van der Waals surface area contributed by atoms with Crippen LogP contribution in [0.5, 0.6) is 0 Å². The molecular weight excluding hydrogens is 468 g/mol. The van der Waals surface area contributed by atoms with Crippen molar-refractivity contribution >= 4 is 39.3 Å². The van der Waals surface area contributed by atoms with Crippen LogP contribution in [-0.2, 0) is 17.1 Å². The van der Waals surface area contributed by atoms with Gasteiger partial charge >= 0.3 is 0 Å². The highest BCUT2D eigenvalue weighted by Gasteiger charge is 2.25. The van der Waals surface area contributed by atoms with Gasteiger partial charge in [-0.1, -0.05) is 58.4 Å². The molecule has 3 aromatic rings. The fourth-order valence-corrected chi connectivity index (χ4v) is 5.24. The maximum Gasteiger partial charge on any atom is 0.228 e. The monoisotopic (exact) mass is 494 g/mol. The molecule has 1 unspecified atom stereocenters. The van der Waals surface area contributed by atoms with Gasteiger partial charge in [-0.05, 0) is 66.9 Å². The maximum absolute atomic E-state index is 12.9. The van der Waals surface area contributed by atoms with Gasteiger partial charge in [0.2, 0.25) is 5.91 Å².